The molecule has 0 amide bonds. The molecule has 0 aromatic rings. The first kappa shape index (κ1) is 7.14. The van der Waals surface area contributed by atoms with Crippen LogP contribution < -0.4 is 0 Å². The van der Waals surface area contributed by atoms with E-state index in [4.69, 9.17) is 5.11 Å². The number of allylic oxidation sites excluding steroid dienone is 1. The van der Waals surface area contributed by atoms with Gasteiger partial charge < -0.3 is 5.11 Å². The summed E-state index contributed by atoms with van der Waals surface area (Å²) in [5.74, 6) is -1.57. The summed E-state index contributed by atoms with van der Waals surface area (Å²) in [4.78, 5) is 9.70. The number of halogens is 1. The zero-order valence-electron chi connectivity index (χ0n) is 4.35. The Bertz CT molecular complexity index is 95.0. The maximum absolute atomic E-state index is 11.6. The zero-order valence-corrected chi connectivity index (χ0v) is 4.35. The number of hydrogen-bond donors (Lipinski definition) is 1. The first-order valence-electron chi connectivity index (χ1n) is 2.18. The van der Waals surface area contributed by atoms with Gasteiger partial charge >= 0.3 is 5.97 Å². The summed E-state index contributed by atoms with van der Waals surface area (Å²) < 4.78 is 11.6. The van der Waals surface area contributed by atoms with E-state index in [0.717, 1.165) is 0 Å². The van der Waals surface area contributed by atoms with E-state index in [9.17, 15) is 9.18 Å². The van der Waals surface area contributed by atoms with E-state index in [1.165, 1.54) is 0 Å². The van der Waals surface area contributed by atoms with Crippen LogP contribution in [0.25, 0.3) is 0 Å². The van der Waals surface area contributed by atoms with Crippen molar-refractivity contribution in [3.8, 4) is 0 Å². The molecule has 0 rings (SSSR count). The molecule has 0 spiro atoms. The van der Waals surface area contributed by atoms with Crippen LogP contribution in [-0.2, 0) is 4.79 Å². The monoisotopic (exact) mass is 118 g/mol. The van der Waals surface area contributed by atoms with Gasteiger partial charge in [0.15, 0.2) is 0 Å². The molecule has 3 heteroatoms. The summed E-state index contributed by atoms with van der Waals surface area (Å²) in [5.41, 5.74) is 0. The highest BCUT2D eigenvalue weighted by atomic mass is 19.1. The van der Waals surface area contributed by atoms with Crippen LogP contribution in [0.1, 0.15) is 12.8 Å². The second kappa shape index (κ2) is 3.18. The number of rotatable bonds is 3. The molecule has 1 N–H and O–H groups in total. The van der Waals surface area contributed by atoms with Crippen LogP contribution in [0.4, 0.5) is 4.39 Å². The molecule has 0 aliphatic rings. The van der Waals surface area contributed by atoms with Crippen molar-refractivity contribution < 1.29 is 14.3 Å². The lowest BCUT2D eigenvalue weighted by atomic mass is 10.3. The molecule has 0 saturated heterocycles. The van der Waals surface area contributed by atoms with Crippen LogP contribution in [0.2, 0.25) is 0 Å². The summed E-state index contributed by atoms with van der Waals surface area (Å²) in [6.45, 7) is 2.90. The van der Waals surface area contributed by atoms with Crippen LogP contribution in [-0.4, -0.2) is 11.1 Å². The minimum Gasteiger partial charge on any atom is -0.481 e. The van der Waals surface area contributed by atoms with Gasteiger partial charge in [0.05, 0.1) is 12.2 Å². The van der Waals surface area contributed by atoms with Gasteiger partial charge in [-0.15, -0.1) is 0 Å². The molecule has 0 radical (unpaired) electrons. The lowest BCUT2D eigenvalue weighted by Crippen LogP contribution is -1.92. The second-order valence-corrected chi connectivity index (χ2v) is 1.41. The first-order valence-corrected chi connectivity index (χ1v) is 2.18. The van der Waals surface area contributed by atoms with Crippen LogP contribution in [0, 0.1) is 0 Å². The Kier molecular flexibility index (Phi) is 2.84. The van der Waals surface area contributed by atoms with Crippen molar-refractivity contribution in [2.24, 2.45) is 0 Å². The third kappa shape index (κ3) is 5.14. The van der Waals surface area contributed by atoms with E-state index >= 15 is 0 Å². The zero-order chi connectivity index (χ0) is 6.57. The molecule has 2 nitrogen and oxygen atoms in total. The molecule has 0 saturated carbocycles. The molecule has 46 valence electrons. The van der Waals surface area contributed by atoms with Crippen LogP contribution in [0.5, 0.6) is 0 Å². The summed E-state index contributed by atoms with van der Waals surface area (Å²) >= 11 is 0. The van der Waals surface area contributed by atoms with Gasteiger partial charge in [-0.05, 0) is 0 Å². The molecule has 8 heavy (non-hydrogen) atoms. The van der Waals surface area contributed by atoms with Gasteiger partial charge in [0.25, 0.3) is 0 Å². The Labute approximate surface area is 46.6 Å². The highest BCUT2D eigenvalue weighted by molar-refractivity contribution is 5.66. The first-order chi connectivity index (χ1) is 3.63. The lowest BCUT2D eigenvalue weighted by molar-refractivity contribution is -0.137. The Hall–Kier alpha value is -0.860. The molecule has 0 fully saturated rings. The van der Waals surface area contributed by atoms with Crippen molar-refractivity contribution in [1.29, 1.82) is 0 Å². The molecule has 0 aromatic carbocycles. The average molecular weight is 118 g/mol. The Morgan fingerprint density at radius 2 is 2.12 bits per heavy atom. The SMILES string of the molecule is C=C(F)CCC(=O)O. The fourth-order valence-corrected chi connectivity index (χ4v) is 0.243. The third-order valence-electron chi connectivity index (χ3n) is 0.610. The van der Waals surface area contributed by atoms with Crippen molar-refractivity contribution in [2.75, 3.05) is 0 Å². The number of hydrogen-bond acceptors (Lipinski definition) is 1. The molecule has 0 aliphatic heterocycles. The van der Waals surface area contributed by atoms with Gasteiger partial charge in [-0.3, -0.25) is 4.79 Å². The van der Waals surface area contributed by atoms with Gasteiger partial charge in [0.2, 0.25) is 0 Å². The summed E-state index contributed by atoms with van der Waals surface area (Å²) in [7, 11) is 0. The van der Waals surface area contributed by atoms with Gasteiger partial charge in [-0.1, -0.05) is 6.58 Å². The number of carboxylic acid groups (broad SMARTS) is 1. The largest absolute Gasteiger partial charge is 0.481 e. The highest BCUT2D eigenvalue weighted by Crippen LogP contribution is 2.01. The average Bonchev–Trinajstić information content (AvgIpc) is 1.61. The topological polar surface area (TPSA) is 37.3 Å². The van der Waals surface area contributed by atoms with Gasteiger partial charge in [0, 0.05) is 6.42 Å². The maximum Gasteiger partial charge on any atom is 0.303 e. The summed E-state index contributed by atoms with van der Waals surface area (Å²) in [6, 6.07) is 0. The van der Waals surface area contributed by atoms with E-state index in [1.807, 2.05) is 0 Å². The minimum atomic E-state index is -0.996. The molecule has 0 heterocycles. The van der Waals surface area contributed by atoms with Crippen molar-refractivity contribution >= 4 is 5.97 Å². The van der Waals surface area contributed by atoms with Crippen molar-refractivity contribution in [3.05, 3.63) is 12.4 Å². The van der Waals surface area contributed by atoms with Gasteiger partial charge in [0.1, 0.15) is 0 Å². The molecule has 0 aromatic heterocycles. The van der Waals surface area contributed by atoms with E-state index in [-0.39, 0.29) is 12.8 Å². The fraction of sp³-hybridized carbons (Fsp3) is 0.400. The normalized spacial score (nSPS) is 8.62. The molecule has 0 bridgehead atoms. The Balaban J connectivity index is 3.18. The molecule has 0 aliphatic carbocycles. The summed E-state index contributed by atoms with van der Waals surface area (Å²) in [5, 5.41) is 7.95. The van der Waals surface area contributed by atoms with E-state index < -0.39 is 11.8 Å². The number of carbonyl (C=O) groups is 1. The van der Waals surface area contributed by atoms with Crippen LogP contribution >= 0.6 is 0 Å². The number of aliphatic carboxylic acids is 1. The smallest absolute Gasteiger partial charge is 0.303 e. The van der Waals surface area contributed by atoms with E-state index in [2.05, 4.69) is 6.58 Å². The predicted octanol–water partition coefficient (Wildman–Crippen LogP) is 1.33. The quantitative estimate of drug-likeness (QED) is 0.607. The van der Waals surface area contributed by atoms with Gasteiger partial charge in [-0.25, -0.2) is 4.39 Å². The molecule has 0 unspecified atom stereocenters. The molecule has 0 atom stereocenters. The Morgan fingerprint density at radius 3 is 2.25 bits per heavy atom. The van der Waals surface area contributed by atoms with Crippen molar-refractivity contribution in [2.45, 2.75) is 12.8 Å². The molecular formula is C5H7FO2. The van der Waals surface area contributed by atoms with Gasteiger partial charge in [-0.2, -0.15) is 0 Å². The maximum atomic E-state index is 11.6. The fourth-order valence-electron chi connectivity index (χ4n) is 0.243. The third-order valence-corrected chi connectivity index (χ3v) is 0.610. The summed E-state index contributed by atoms with van der Waals surface area (Å²) in [6.07, 6.45) is -0.245. The predicted molar refractivity (Wildman–Crippen MR) is 27.1 cm³/mol. The van der Waals surface area contributed by atoms with Crippen molar-refractivity contribution in [3.63, 3.8) is 0 Å². The standard InChI is InChI=1S/C5H7FO2/c1-4(6)2-3-5(7)8/h1-3H2,(H,7,8). The Morgan fingerprint density at radius 1 is 1.62 bits per heavy atom. The van der Waals surface area contributed by atoms with Crippen molar-refractivity contribution in [1.82, 2.24) is 0 Å². The van der Waals surface area contributed by atoms with Crippen LogP contribution in [0.3, 0.4) is 0 Å². The highest BCUT2D eigenvalue weighted by Gasteiger charge is 1.96. The minimum absolute atomic E-state index is 0.0741. The van der Waals surface area contributed by atoms with E-state index in [1.54, 1.807) is 0 Å². The van der Waals surface area contributed by atoms with Crippen LogP contribution in [0.15, 0.2) is 12.4 Å². The lowest BCUT2D eigenvalue weighted by Gasteiger charge is -1.87. The second-order valence-electron chi connectivity index (χ2n) is 1.41. The van der Waals surface area contributed by atoms with E-state index in [0.29, 0.717) is 0 Å². The number of carboxylic acids is 1. The molecular weight excluding hydrogens is 111 g/mol.